The van der Waals surface area contributed by atoms with Crippen molar-refractivity contribution in [2.24, 2.45) is 11.8 Å². The van der Waals surface area contributed by atoms with E-state index >= 15 is 0 Å². The maximum absolute atomic E-state index is 13.1. The number of aromatic nitrogens is 2. The zero-order valence-corrected chi connectivity index (χ0v) is 17.9. The van der Waals surface area contributed by atoms with Gasteiger partial charge in [-0.25, -0.2) is 4.98 Å². The van der Waals surface area contributed by atoms with E-state index < -0.39 is 0 Å². The van der Waals surface area contributed by atoms with Crippen molar-refractivity contribution < 1.29 is 9.59 Å². The van der Waals surface area contributed by atoms with Gasteiger partial charge >= 0.3 is 0 Å². The van der Waals surface area contributed by atoms with Crippen molar-refractivity contribution >= 4 is 22.8 Å². The molecule has 1 aromatic heterocycles. The van der Waals surface area contributed by atoms with Gasteiger partial charge in [0.1, 0.15) is 12.4 Å². The molecule has 0 aliphatic carbocycles. The van der Waals surface area contributed by atoms with E-state index in [1.165, 1.54) is 0 Å². The van der Waals surface area contributed by atoms with Crippen LogP contribution in [0.2, 0.25) is 0 Å². The van der Waals surface area contributed by atoms with E-state index in [2.05, 4.69) is 33.0 Å². The van der Waals surface area contributed by atoms with Crippen LogP contribution in [0.3, 0.4) is 0 Å². The van der Waals surface area contributed by atoms with Crippen molar-refractivity contribution in [1.82, 2.24) is 19.8 Å². The average Bonchev–Trinajstić information content (AvgIpc) is 2.97. The van der Waals surface area contributed by atoms with Crippen molar-refractivity contribution in [2.45, 2.75) is 54.0 Å². The molecule has 0 bridgehead atoms. The molecule has 0 atom stereocenters. The fourth-order valence-corrected chi connectivity index (χ4v) is 3.33. The monoisotopic (exact) mass is 386 g/mol. The number of hydrogen-bond acceptors (Lipinski definition) is 3. The Balaban J connectivity index is 2.23. The summed E-state index contributed by atoms with van der Waals surface area (Å²) in [5.74, 6) is 1.82. The van der Waals surface area contributed by atoms with Crippen LogP contribution in [0.25, 0.3) is 11.0 Å². The summed E-state index contributed by atoms with van der Waals surface area (Å²) in [6.07, 6.45) is 1.07. The summed E-state index contributed by atoms with van der Waals surface area (Å²) in [6, 6.07) is 7.88. The molecule has 2 rings (SSSR count). The van der Waals surface area contributed by atoms with Gasteiger partial charge in [0.15, 0.2) is 0 Å². The van der Waals surface area contributed by atoms with Crippen LogP contribution in [0, 0.1) is 11.8 Å². The molecule has 0 saturated carbocycles. The molecule has 1 N–H and O–H groups in total. The van der Waals surface area contributed by atoms with E-state index in [-0.39, 0.29) is 18.4 Å². The summed E-state index contributed by atoms with van der Waals surface area (Å²) in [7, 11) is 0. The average molecular weight is 387 g/mol. The highest BCUT2D eigenvalue weighted by molar-refractivity contribution is 5.81. The quantitative estimate of drug-likeness (QED) is 0.682. The molecule has 0 saturated heterocycles. The lowest BCUT2D eigenvalue weighted by Gasteiger charge is -2.27. The second-order valence-corrected chi connectivity index (χ2v) is 8.14. The van der Waals surface area contributed by atoms with E-state index in [0.29, 0.717) is 31.2 Å². The minimum absolute atomic E-state index is 0.0266. The number of nitrogens with one attached hydrogen (secondary N) is 1. The first-order valence-corrected chi connectivity index (χ1v) is 10.3. The molecule has 0 radical (unpaired) electrons. The predicted molar refractivity (Wildman–Crippen MR) is 113 cm³/mol. The van der Waals surface area contributed by atoms with Crippen molar-refractivity contribution in [1.29, 1.82) is 0 Å². The zero-order valence-electron chi connectivity index (χ0n) is 17.9. The van der Waals surface area contributed by atoms with Crippen molar-refractivity contribution in [3.05, 3.63) is 30.1 Å². The molecule has 0 aliphatic rings. The first-order valence-electron chi connectivity index (χ1n) is 10.3. The Morgan fingerprint density at radius 2 is 1.75 bits per heavy atom. The first-order chi connectivity index (χ1) is 13.3. The van der Waals surface area contributed by atoms with E-state index in [9.17, 15) is 9.59 Å². The van der Waals surface area contributed by atoms with Gasteiger partial charge in [0.25, 0.3) is 0 Å². The molecule has 2 aromatic rings. The highest BCUT2D eigenvalue weighted by Crippen LogP contribution is 2.17. The van der Waals surface area contributed by atoms with Crippen LogP contribution < -0.4 is 5.32 Å². The number of rotatable bonds is 10. The SMILES string of the molecule is CCC(=O)NCCc1nc2ccccc2n1CC(=O)N(CC(C)C)CC(C)C. The molecule has 6 nitrogen and oxygen atoms in total. The van der Waals surface area contributed by atoms with Gasteiger partial charge in [0.2, 0.25) is 11.8 Å². The molecule has 28 heavy (non-hydrogen) atoms. The minimum atomic E-state index is 0.0266. The smallest absolute Gasteiger partial charge is 0.242 e. The third kappa shape index (κ3) is 6.08. The number of para-hydroxylation sites is 2. The zero-order chi connectivity index (χ0) is 20.7. The second-order valence-electron chi connectivity index (χ2n) is 8.14. The summed E-state index contributed by atoms with van der Waals surface area (Å²) >= 11 is 0. The number of amides is 2. The highest BCUT2D eigenvalue weighted by atomic mass is 16.2. The Bertz CT molecular complexity index is 785. The minimum Gasteiger partial charge on any atom is -0.356 e. The lowest BCUT2D eigenvalue weighted by molar-refractivity contribution is -0.133. The summed E-state index contributed by atoms with van der Waals surface area (Å²) in [4.78, 5) is 31.3. The molecule has 0 spiro atoms. The fourth-order valence-electron chi connectivity index (χ4n) is 3.33. The van der Waals surface area contributed by atoms with Gasteiger partial charge in [0, 0.05) is 32.5 Å². The Kier molecular flexibility index (Phi) is 8.03. The standard InChI is InChI=1S/C22H34N4O2/c1-6-21(27)23-12-11-20-24-18-9-7-8-10-19(18)26(20)15-22(28)25(13-16(2)3)14-17(4)5/h7-10,16-17H,6,11-15H2,1-5H3,(H,23,27). The summed E-state index contributed by atoms with van der Waals surface area (Å²) in [5, 5.41) is 2.89. The lowest BCUT2D eigenvalue weighted by atomic mass is 10.1. The second kappa shape index (κ2) is 10.2. The molecule has 2 amide bonds. The largest absolute Gasteiger partial charge is 0.356 e. The van der Waals surface area contributed by atoms with Crippen LogP contribution in [0.4, 0.5) is 0 Å². The number of carbonyl (C=O) groups is 2. The molecule has 0 fully saturated rings. The fraction of sp³-hybridized carbons (Fsp3) is 0.591. The maximum atomic E-state index is 13.1. The molecule has 154 valence electrons. The number of hydrogen-bond donors (Lipinski definition) is 1. The van der Waals surface area contributed by atoms with E-state index in [4.69, 9.17) is 4.98 Å². The normalized spacial score (nSPS) is 11.4. The molecule has 0 unspecified atom stereocenters. The predicted octanol–water partition coefficient (Wildman–Crippen LogP) is 3.25. The summed E-state index contributed by atoms with van der Waals surface area (Å²) in [5.41, 5.74) is 1.84. The van der Waals surface area contributed by atoms with Crippen LogP contribution in [-0.2, 0) is 22.6 Å². The Hall–Kier alpha value is -2.37. The van der Waals surface area contributed by atoms with Gasteiger partial charge in [-0.05, 0) is 24.0 Å². The van der Waals surface area contributed by atoms with Crippen LogP contribution >= 0.6 is 0 Å². The van der Waals surface area contributed by atoms with E-state index in [1.54, 1.807) is 0 Å². The lowest BCUT2D eigenvalue weighted by Crippen LogP contribution is -2.39. The van der Waals surface area contributed by atoms with E-state index in [0.717, 1.165) is 29.9 Å². The third-order valence-electron chi connectivity index (χ3n) is 4.54. The number of nitrogens with zero attached hydrogens (tertiary/aromatic N) is 3. The van der Waals surface area contributed by atoms with Crippen molar-refractivity contribution in [3.63, 3.8) is 0 Å². The van der Waals surface area contributed by atoms with Gasteiger partial charge in [-0.3, -0.25) is 9.59 Å². The third-order valence-corrected chi connectivity index (χ3v) is 4.54. The summed E-state index contributed by atoms with van der Waals surface area (Å²) in [6.45, 7) is 12.7. The molecule has 0 aliphatic heterocycles. The topological polar surface area (TPSA) is 67.2 Å². The molecule has 1 aromatic carbocycles. The number of benzene rings is 1. The van der Waals surface area contributed by atoms with Gasteiger partial charge in [-0.1, -0.05) is 46.8 Å². The maximum Gasteiger partial charge on any atom is 0.242 e. The Labute approximate surface area is 168 Å². The molecule has 6 heteroatoms. The van der Waals surface area contributed by atoms with Crippen molar-refractivity contribution in [2.75, 3.05) is 19.6 Å². The summed E-state index contributed by atoms with van der Waals surface area (Å²) < 4.78 is 2.00. The Morgan fingerprint density at radius 3 is 2.36 bits per heavy atom. The van der Waals surface area contributed by atoms with Crippen LogP contribution in [0.5, 0.6) is 0 Å². The first kappa shape index (κ1) is 21.9. The van der Waals surface area contributed by atoms with Gasteiger partial charge in [-0.15, -0.1) is 0 Å². The van der Waals surface area contributed by atoms with Crippen molar-refractivity contribution in [3.8, 4) is 0 Å². The van der Waals surface area contributed by atoms with Gasteiger partial charge in [-0.2, -0.15) is 0 Å². The highest BCUT2D eigenvalue weighted by Gasteiger charge is 2.20. The molecular weight excluding hydrogens is 352 g/mol. The van der Waals surface area contributed by atoms with Crippen LogP contribution in [0.15, 0.2) is 24.3 Å². The number of carbonyl (C=O) groups excluding carboxylic acids is 2. The van der Waals surface area contributed by atoms with Gasteiger partial charge in [0.05, 0.1) is 11.0 Å². The molecular formula is C22H34N4O2. The van der Waals surface area contributed by atoms with Crippen LogP contribution in [0.1, 0.15) is 46.9 Å². The van der Waals surface area contributed by atoms with Crippen LogP contribution in [-0.4, -0.2) is 45.9 Å². The number of fused-ring (bicyclic) bond motifs is 1. The Morgan fingerprint density at radius 1 is 1.11 bits per heavy atom. The van der Waals surface area contributed by atoms with E-state index in [1.807, 2.05) is 40.7 Å². The molecule has 1 heterocycles. The van der Waals surface area contributed by atoms with Gasteiger partial charge < -0.3 is 14.8 Å². The number of imidazole rings is 1.